The van der Waals surface area contributed by atoms with E-state index in [1.165, 1.54) is 0 Å². The third-order valence-corrected chi connectivity index (χ3v) is 2.58. The molecule has 0 bridgehead atoms. The normalized spacial score (nSPS) is 10.1. The molecule has 1 aromatic rings. The molecule has 0 aliphatic carbocycles. The molecule has 1 rings (SSSR count). The molecule has 0 spiro atoms. The Morgan fingerprint density at radius 2 is 2.16 bits per heavy atom. The van der Waals surface area contributed by atoms with Crippen molar-refractivity contribution in [2.75, 3.05) is 18.4 Å². The van der Waals surface area contributed by atoms with Crippen LogP contribution in [0, 0.1) is 31.1 Å². The van der Waals surface area contributed by atoms with Crippen LogP contribution >= 0.6 is 0 Å². The van der Waals surface area contributed by atoms with E-state index < -0.39 is 0 Å². The van der Waals surface area contributed by atoms with Crippen molar-refractivity contribution >= 4 is 11.7 Å². The molecule has 1 heterocycles. The second-order valence-electron chi connectivity index (χ2n) is 4.97. The number of aromatic nitrogens is 1. The number of pyridine rings is 1. The molecule has 0 aliphatic heterocycles. The molecule has 0 radical (unpaired) electrons. The lowest BCUT2D eigenvalue weighted by molar-refractivity contribution is -0.119. The van der Waals surface area contributed by atoms with E-state index in [1.54, 1.807) is 0 Å². The van der Waals surface area contributed by atoms with Gasteiger partial charge < -0.3 is 10.6 Å². The van der Waals surface area contributed by atoms with Gasteiger partial charge in [0.15, 0.2) is 0 Å². The van der Waals surface area contributed by atoms with Gasteiger partial charge >= 0.3 is 0 Å². The Morgan fingerprint density at radius 3 is 2.74 bits per heavy atom. The first-order valence-corrected chi connectivity index (χ1v) is 6.33. The van der Waals surface area contributed by atoms with Crippen LogP contribution in [0.5, 0.6) is 0 Å². The summed E-state index contributed by atoms with van der Waals surface area (Å²) in [5.74, 6) is 0.788. The van der Waals surface area contributed by atoms with Crippen LogP contribution in [0.25, 0.3) is 0 Å². The van der Waals surface area contributed by atoms with E-state index in [1.807, 2.05) is 33.8 Å². The van der Waals surface area contributed by atoms with Crippen molar-refractivity contribution in [3.8, 4) is 6.07 Å². The Bertz CT molecular complexity index is 503. The topological polar surface area (TPSA) is 77.8 Å². The molecule has 102 valence electrons. The Morgan fingerprint density at radius 1 is 1.47 bits per heavy atom. The van der Waals surface area contributed by atoms with Crippen molar-refractivity contribution in [2.24, 2.45) is 5.92 Å². The van der Waals surface area contributed by atoms with Crippen molar-refractivity contribution in [1.29, 1.82) is 5.26 Å². The lowest BCUT2D eigenvalue weighted by Gasteiger charge is -2.11. The highest BCUT2D eigenvalue weighted by molar-refractivity contribution is 5.80. The first-order chi connectivity index (χ1) is 8.93. The van der Waals surface area contributed by atoms with E-state index in [0.29, 0.717) is 23.8 Å². The summed E-state index contributed by atoms with van der Waals surface area (Å²) in [6.45, 7) is 8.55. The summed E-state index contributed by atoms with van der Waals surface area (Å²) in [5.41, 5.74) is 2.17. The average Bonchev–Trinajstić information content (AvgIpc) is 2.33. The summed E-state index contributed by atoms with van der Waals surface area (Å²) in [7, 11) is 0. The minimum Gasteiger partial charge on any atom is -0.360 e. The summed E-state index contributed by atoms with van der Waals surface area (Å²) in [4.78, 5) is 15.9. The van der Waals surface area contributed by atoms with Crippen molar-refractivity contribution in [3.63, 3.8) is 0 Å². The van der Waals surface area contributed by atoms with Crippen LogP contribution in [0.2, 0.25) is 0 Å². The Labute approximate surface area is 114 Å². The van der Waals surface area contributed by atoms with Crippen LogP contribution in [0.15, 0.2) is 6.07 Å². The molecule has 5 heteroatoms. The fourth-order valence-corrected chi connectivity index (χ4v) is 1.65. The number of amides is 1. The molecule has 0 atom stereocenters. The molecule has 0 unspecified atom stereocenters. The Balaban J connectivity index is 2.68. The van der Waals surface area contributed by atoms with E-state index in [0.717, 1.165) is 11.3 Å². The van der Waals surface area contributed by atoms with Crippen LogP contribution in [-0.2, 0) is 4.79 Å². The van der Waals surface area contributed by atoms with Gasteiger partial charge in [0, 0.05) is 12.2 Å². The number of carbonyl (C=O) groups excluding carboxylic acids is 1. The number of carbonyl (C=O) groups is 1. The molecular formula is C14H20N4O. The predicted octanol–water partition coefficient (Wildman–Crippen LogP) is 1.75. The first kappa shape index (κ1) is 15.0. The minimum atomic E-state index is -0.0986. The smallest absolute Gasteiger partial charge is 0.239 e. The minimum absolute atomic E-state index is 0.0986. The maximum atomic E-state index is 11.6. The summed E-state index contributed by atoms with van der Waals surface area (Å²) in [6, 6.07) is 3.96. The average molecular weight is 260 g/mol. The maximum absolute atomic E-state index is 11.6. The van der Waals surface area contributed by atoms with Gasteiger partial charge in [0.05, 0.1) is 12.1 Å². The van der Waals surface area contributed by atoms with Crippen LogP contribution in [0.3, 0.4) is 0 Å². The molecule has 0 saturated heterocycles. The molecular weight excluding hydrogens is 240 g/mol. The Kier molecular flexibility index (Phi) is 5.31. The van der Waals surface area contributed by atoms with Gasteiger partial charge in [0.25, 0.3) is 0 Å². The molecule has 1 aromatic heterocycles. The van der Waals surface area contributed by atoms with Crippen LogP contribution in [0.1, 0.15) is 30.7 Å². The van der Waals surface area contributed by atoms with Crippen molar-refractivity contribution in [1.82, 2.24) is 10.3 Å². The second kappa shape index (κ2) is 6.74. The standard InChI is InChI=1S/C14H20N4O/c1-9(2)7-16-13(19)8-17-14-12(6-15)10(3)5-11(4)18-14/h5,9H,7-8H2,1-4H3,(H,16,19)(H,17,18). The summed E-state index contributed by atoms with van der Waals surface area (Å²) < 4.78 is 0. The van der Waals surface area contributed by atoms with Gasteiger partial charge in [-0.05, 0) is 31.4 Å². The lowest BCUT2D eigenvalue weighted by atomic mass is 10.1. The SMILES string of the molecule is Cc1cc(C)c(C#N)c(NCC(=O)NCC(C)C)n1. The maximum Gasteiger partial charge on any atom is 0.239 e. The zero-order valence-corrected chi connectivity index (χ0v) is 11.9. The second-order valence-corrected chi connectivity index (χ2v) is 4.97. The number of hydrogen-bond acceptors (Lipinski definition) is 4. The van der Waals surface area contributed by atoms with Gasteiger partial charge in [-0.25, -0.2) is 4.98 Å². The third kappa shape index (κ3) is 4.59. The molecule has 5 nitrogen and oxygen atoms in total. The molecule has 0 saturated carbocycles. The van der Waals surface area contributed by atoms with Gasteiger partial charge in [-0.3, -0.25) is 4.79 Å². The molecule has 19 heavy (non-hydrogen) atoms. The highest BCUT2D eigenvalue weighted by Crippen LogP contribution is 2.17. The van der Waals surface area contributed by atoms with E-state index in [2.05, 4.69) is 21.7 Å². The fourth-order valence-electron chi connectivity index (χ4n) is 1.65. The van der Waals surface area contributed by atoms with Crippen molar-refractivity contribution < 1.29 is 4.79 Å². The van der Waals surface area contributed by atoms with Crippen LogP contribution in [0.4, 0.5) is 5.82 Å². The van der Waals surface area contributed by atoms with Crippen molar-refractivity contribution in [3.05, 3.63) is 22.9 Å². The largest absolute Gasteiger partial charge is 0.360 e. The van der Waals surface area contributed by atoms with Gasteiger partial charge in [-0.1, -0.05) is 13.8 Å². The molecule has 0 aliphatic rings. The summed E-state index contributed by atoms with van der Waals surface area (Å²) in [6.07, 6.45) is 0. The van der Waals surface area contributed by atoms with E-state index in [9.17, 15) is 4.79 Å². The highest BCUT2D eigenvalue weighted by atomic mass is 16.1. The number of nitrogens with zero attached hydrogens (tertiary/aromatic N) is 2. The van der Waals surface area contributed by atoms with Gasteiger partial charge in [0.1, 0.15) is 11.9 Å². The van der Waals surface area contributed by atoms with Gasteiger partial charge in [-0.15, -0.1) is 0 Å². The summed E-state index contributed by atoms with van der Waals surface area (Å²) in [5, 5.41) is 14.8. The van der Waals surface area contributed by atoms with E-state index in [-0.39, 0.29) is 12.5 Å². The first-order valence-electron chi connectivity index (χ1n) is 6.33. The number of aryl methyl sites for hydroxylation is 2. The monoisotopic (exact) mass is 260 g/mol. The molecule has 0 fully saturated rings. The molecule has 0 aromatic carbocycles. The quantitative estimate of drug-likeness (QED) is 0.845. The van der Waals surface area contributed by atoms with E-state index in [4.69, 9.17) is 5.26 Å². The predicted molar refractivity (Wildman–Crippen MR) is 74.8 cm³/mol. The highest BCUT2D eigenvalue weighted by Gasteiger charge is 2.09. The lowest BCUT2D eigenvalue weighted by Crippen LogP contribution is -2.32. The molecule has 1 amide bonds. The number of rotatable bonds is 5. The fraction of sp³-hybridized carbons (Fsp3) is 0.500. The van der Waals surface area contributed by atoms with Gasteiger partial charge in [0.2, 0.25) is 5.91 Å². The van der Waals surface area contributed by atoms with Gasteiger partial charge in [-0.2, -0.15) is 5.26 Å². The van der Waals surface area contributed by atoms with Crippen LogP contribution in [-0.4, -0.2) is 24.0 Å². The van der Waals surface area contributed by atoms with Crippen LogP contribution < -0.4 is 10.6 Å². The zero-order chi connectivity index (χ0) is 14.4. The molecule has 2 N–H and O–H groups in total. The Hall–Kier alpha value is -2.09. The number of hydrogen-bond donors (Lipinski definition) is 2. The number of anilines is 1. The third-order valence-electron chi connectivity index (χ3n) is 2.58. The van der Waals surface area contributed by atoms with Crippen molar-refractivity contribution in [2.45, 2.75) is 27.7 Å². The number of nitrogens with one attached hydrogen (secondary N) is 2. The summed E-state index contributed by atoms with van der Waals surface area (Å²) >= 11 is 0. The number of nitriles is 1. The van der Waals surface area contributed by atoms with E-state index >= 15 is 0 Å². The zero-order valence-electron chi connectivity index (χ0n) is 11.9.